The van der Waals surface area contributed by atoms with Gasteiger partial charge in [0.2, 0.25) is 5.91 Å². The largest absolute Gasteiger partial charge is 0.480 e. The van der Waals surface area contributed by atoms with Gasteiger partial charge in [0.05, 0.1) is 12.0 Å². The number of nitrogens with one attached hydrogen (secondary N) is 1. The summed E-state index contributed by atoms with van der Waals surface area (Å²) in [6, 6.07) is 10.7. The van der Waals surface area contributed by atoms with Gasteiger partial charge in [0.25, 0.3) is 0 Å². The number of carboxylic acid groups (broad SMARTS) is 1. The fraction of sp³-hybridized carbons (Fsp3) is 0.579. The molecule has 5 heteroatoms. The van der Waals surface area contributed by atoms with Crippen LogP contribution in [-0.4, -0.2) is 47.1 Å². The second kappa shape index (κ2) is 6.93. The Morgan fingerprint density at radius 2 is 1.92 bits per heavy atom. The number of carboxylic acids is 1. The van der Waals surface area contributed by atoms with Crippen LogP contribution in [0, 0.1) is 5.41 Å². The molecule has 0 unspecified atom stereocenters. The van der Waals surface area contributed by atoms with Gasteiger partial charge in [-0.2, -0.15) is 0 Å². The van der Waals surface area contributed by atoms with E-state index in [0.29, 0.717) is 0 Å². The first-order valence-corrected chi connectivity index (χ1v) is 8.83. The fourth-order valence-corrected chi connectivity index (χ4v) is 3.64. The maximum Gasteiger partial charge on any atom is 0.317 e. The lowest BCUT2D eigenvalue weighted by molar-refractivity contribution is -0.140. The zero-order valence-corrected chi connectivity index (χ0v) is 14.2. The topological polar surface area (TPSA) is 69.6 Å². The number of hydrogen-bond acceptors (Lipinski definition) is 3. The molecule has 1 aromatic carbocycles. The Labute approximate surface area is 143 Å². The second-order valence-electron chi connectivity index (χ2n) is 7.20. The Hall–Kier alpha value is -1.88. The first-order chi connectivity index (χ1) is 11.5. The molecule has 0 atom stereocenters. The summed E-state index contributed by atoms with van der Waals surface area (Å²) < 4.78 is 0. The Bertz CT molecular complexity index is 592. The Morgan fingerprint density at radius 1 is 1.25 bits per heavy atom. The number of hydrogen-bond donors (Lipinski definition) is 2. The van der Waals surface area contributed by atoms with E-state index in [-0.39, 0.29) is 30.0 Å². The molecule has 2 N–H and O–H groups in total. The van der Waals surface area contributed by atoms with Crippen LogP contribution >= 0.6 is 0 Å². The highest BCUT2D eigenvalue weighted by Gasteiger charge is 2.50. The van der Waals surface area contributed by atoms with E-state index < -0.39 is 5.97 Å². The van der Waals surface area contributed by atoms with Crippen LogP contribution in [0.1, 0.15) is 38.2 Å². The zero-order valence-electron chi connectivity index (χ0n) is 14.2. The van der Waals surface area contributed by atoms with Crippen LogP contribution in [0.15, 0.2) is 30.3 Å². The molecule has 0 aromatic heterocycles. The number of aliphatic carboxylic acids is 1. The van der Waals surface area contributed by atoms with Gasteiger partial charge in [-0.3, -0.25) is 14.5 Å². The average Bonchev–Trinajstić information content (AvgIpc) is 3.30. The zero-order chi connectivity index (χ0) is 17.2. The molecule has 130 valence electrons. The molecule has 2 fully saturated rings. The molecule has 1 amide bonds. The predicted molar refractivity (Wildman–Crippen MR) is 91.6 cm³/mol. The number of likely N-dealkylation sites (N-methyl/N-ethyl adjacent to an activating group) is 1. The van der Waals surface area contributed by atoms with Crippen LogP contribution in [0.4, 0.5) is 0 Å². The van der Waals surface area contributed by atoms with Crippen molar-refractivity contribution in [2.45, 2.75) is 51.1 Å². The van der Waals surface area contributed by atoms with Gasteiger partial charge < -0.3 is 10.4 Å². The maximum absolute atomic E-state index is 12.6. The molecule has 5 nitrogen and oxygen atoms in total. The molecule has 0 radical (unpaired) electrons. The number of rotatable bonds is 8. The van der Waals surface area contributed by atoms with Gasteiger partial charge in [-0.25, -0.2) is 0 Å². The van der Waals surface area contributed by atoms with Crippen LogP contribution in [-0.2, 0) is 16.0 Å². The summed E-state index contributed by atoms with van der Waals surface area (Å²) in [6.07, 6.45) is 4.45. The van der Waals surface area contributed by atoms with Gasteiger partial charge in [-0.05, 0) is 44.2 Å². The molecular formula is C19H26N2O3. The van der Waals surface area contributed by atoms with E-state index >= 15 is 0 Å². The standard InChI is InChI=1S/C19H26N2O3/c1-2-21(13-17(22)23)16-10-15(11-16)20-18(24)19(8-9-19)12-14-6-4-3-5-7-14/h3-7,15-16H,2,8-13H2,1H3,(H,20,24)(H,22,23). The molecule has 0 aliphatic heterocycles. The van der Waals surface area contributed by atoms with Crippen molar-refractivity contribution in [1.82, 2.24) is 10.2 Å². The highest BCUT2D eigenvalue weighted by atomic mass is 16.4. The van der Waals surface area contributed by atoms with Crippen molar-refractivity contribution in [2.75, 3.05) is 13.1 Å². The number of benzene rings is 1. The number of carbonyl (C=O) groups excluding carboxylic acids is 1. The molecule has 24 heavy (non-hydrogen) atoms. The summed E-state index contributed by atoms with van der Waals surface area (Å²) in [4.78, 5) is 25.5. The molecule has 3 rings (SSSR count). The van der Waals surface area contributed by atoms with E-state index in [1.165, 1.54) is 5.56 Å². The molecule has 2 aliphatic rings. The highest BCUT2D eigenvalue weighted by Crippen LogP contribution is 2.49. The first kappa shape index (κ1) is 17.0. The van der Waals surface area contributed by atoms with Crippen molar-refractivity contribution in [3.63, 3.8) is 0 Å². The number of nitrogens with zero attached hydrogens (tertiary/aromatic N) is 1. The van der Waals surface area contributed by atoms with Crippen molar-refractivity contribution >= 4 is 11.9 Å². The van der Waals surface area contributed by atoms with Crippen molar-refractivity contribution in [2.24, 2.45) is 5.41 Å². The molecule has 0 saturated heterocycles. The van der Waals surface area contributed by atoms with Crippen LogP contribution in [0.2, 0.25) is 0 Å². The molecule has 0 spiro atoms. The lowest BCUT2D eigenvalue weighted by atomic mass is 9.84. The van der Waals surface area contributed by atoms with Gasteiger partial charge in [0.1, 0.15) is 0 Å². The number of amides is 1. The van der Waals surface area contributed by atoms with E-state index in [2.05, 4.69) is 17.4 Å². The smallest absolute Gasteiger partial charge is 0.317 e. The monoisotopic (exact) mass is 330 g/mol. The average molecular weight is 330 g/mol. The molecule has 1 aromatic rings. The molecule has 0 bridgehead atoms. The van der Waals surface area contributed by atoms with Crippen LogP contribution in [0.25, 0.3) is 0 Å². The Balaban J connectivity index is 1.48. The lowest BCUT2D eigenvalue weighted by Crippen LogP contribution is -2.56. The Kier molecular flexibility index (Phi) is 4.90. The Morgan fingerprint density at radius 3 is 2.46 bits per heavy atom. The third-order valence-corrected chi connectivity index (χ3v) is 5.43. The SMILES string of the molecule is CCN(CC(=O)O)C1CC(NC(=O)C2(Cc3ccccc3)CC2)C1. The van der Waals surface area contributed by atoms with E-state index in [4.69, 9.17) is 5.11 Å². The minimum Gasteiger partial charge on any atom is -0.480 e. The first-order valence-electron chi connectivity index (χ1n) is 8.83. The lowest BCUT2D eigenvalue weighted by Gasteiger charge is -2.42. The van der Waals surface area contributed by atoms with Crippen LogP contribution in [0.3, 0.4) is 0 Å². The summed E-state index contributed by atoms with van der Waals surface area (Å²) in [5.41, 5.74) is 1.01. The van der Waals surface area contributed by atoms with Gasteiger partial charge in [-0.1, -0.05) is 37.3 Å². The predicted octanol–water partition coefficient (Wildman–Crippen LogP) is 2.06. The van der Waals surface area contributed by atoms with E-state index in [0.717, 1.165) is 38.6 Å². The van der Waals surface area contributed by atoms with Crippen molar-refractivity contribution in [1.29, 1.82) is 0 Å². The van der Waals surface area contributed by atoms with E-state index in [1.807, 2.05) is 30.0 Å². The van der Waals surface area contributed by atoms with Crippen molar-refractivity contribution in [3.8, 4) is 0 Å². The maximum atomic E-state index is 12.6. The summed E-state index contributed by atoms with van der Waals surface area (Å²) in [7, 11) is 0. The van der Waals surface area contributed by atoms with Crippen molar-refractivity contribution < 1.29 is 14.7 Å². The van der Waals surface area contributed by atoms with Crippen LogP contribution in [0.5, 0.6) is 0 Å². The summed E-state index contributed by atoms with van der Waals surface area (Å²) in [5.74, 6) is -0.611. The minimum absolute atomic E-state index is 0.0831. The summed E-state index contributed by atoms with van der Waals surface area (Å²) in [6.45, 7) is 2.79. The normalized spacial score (nSPS) is 24.2. The third-order valence-electron chi connectivity index (χ3n) is 5.43. The molecule has 0 heterocycles. The van der Waals surface area contributed by atoms with Crippen molar-refractivity contribution in [3.05, 3.63) is 35.9 Å². The third kappa shape index (κ3) is 3.78. The van der Waals surface area contributed by atoms with Gasteiger partial charge in [0, 0.05) is 12.1 Å². The highest BCUT2D eigenvalue weighted by molar-refractivity contribution is 5.86. The molecule has 2 saturated carbocycles. The number of carbonyl (C=O) groups is 2. The van der Waals surface area contributed by atoms with E-state index in [1.54, 1.807) is 0 Å². The summed E-state index contributed by atoms with van der Waals surface area (Å²) >= 11 is 0. The summed E-state index contributed by atoms with van der Waals surface area (Å²) in [5, 5.41) is 12.1. The quantitative estimate of drug-likeness (QED) is 0.765. The van der Waals surface area contributed by atoms with Gasteiger partial charge in [-0.15, -0.1) is 0 Å². The van der Waals surface area contributed by atoms with Gasteiger partial charge in [0.15, 0.2) is 0 Å². The van der Waals surface area contributed by atoms with Crippen LogP contribution < -0.4 is 5.32 Å². The molecular weight excluding hydrogens is 304 g/mol. The molecule has 2 aliphatic carbocycles. The second-order valence-corrected chi connectivity index (χ2v) is 7.20. The van der Waals surface area contributed by atoms with E-state index in [9.17, 15) is 9.59 Å². The fourth-order valence-electron chi connectivity index (χ4n) is 3.64. The van der Waals surface area contributed by atoms with Gasteiger partial charge >= 0.3 is 5.97 Å². The minimum atomic E-state index is -0.788.